The van der Waals surface area contributed by atoms with E-state index in [1.54, 1.807) is 18.2 Å². The first kappa shape index (κ1) is 14.8. The number of rotatable bonds is 6. The van der Waals surface area contributed by atoms with Gasteiger partial charge in [-0.2, -0.15) is 0 Å². The predicted octanol–water partition coefficient (Wildman–Crippen LogP) is 1.31. The number of hydrogen-bond acceptors (Lipinski definition) is 3. The van der Waals surface area contributed by atoms with Gasteiger partial charge in [0.25, 0.3) is 0 Å². The quantitative estimate of drug-likeness (QED) is 0.761. The first-order valence-electron chi connectivity index (χ1n) is 5.82. The maximum atomic E-state index is 12.7. The van der Waals surface area contributed by atoms with Crippen LogP contribution in [0.15, 0.2) is 30.5 Å². The van der Waals surface area contributed by atoms with E-state index in [1.807, 2.05) is 0 Å². The van der Waals surface area contributed by atoms with Crippen LogP contribution in [0.4, 0.5) is 9.18 Å². The Morgan fingerprint density at radius 1 is 1.37 bits per heavy atom. The smallest absolute Gasteiger partial charge is 0.327 e. The molecule has 3 N–H and O–H groups in total. The number of imide groups is 1. The summed E-state index contributed by atoms with van der Waals surface area (Å²) >= 11 is 0. The first-order valence-corrected chi connectivity index (χ1v) is 5.82. The fourth-order valence-corrected chi connectivity index (χ4v) is 1.33. The van der Waals surface area contributed by atoms with Gasteiger partial charge in [0.2, 0.25) is 6.41 Å². The second-order valence-electron chi connectivity index (χ2n) is 3.78. The Kier molecular flexibility index (Phi) is 6.25. The van der Waals surface area contributed by atoms with Gasteiger partial charge in [-0.25, -0.2) is 9.18 Å². The van der Waals surface area contributed by atoms with Gasteiger partial charge in [-0.1, -0.05) is 12.1 Å². The number of benzene rings is 1. The highest BCUT2D eigenvalue weighted by Crippen LogP contribution is 2.03. The van der Waals surface area contributed by atoms with E-state index < -0.39 is 6.03 Å². The van der Waals surface area contributed by atoms with Crippen LogP contribution < -0.4 is 11.1 Å². The molecule has 0 atom stereocenters. The van der Waals surface area contributed by atoms with Crippen LogP contribution in [0, 0.1) is 5.82 Å². The molecule has 19 heavy (non-hydrogen) atoms. The molecule has 0 fully saturated rings. The fraction of sp³-hybridized carbons (Fsp3) is 0.231. The van der Waals surface area contributed by atoms with Crippen LogP contribution in [0.3, 0.4) is 0 Å². The SMILES string of the molecule is NCCCN(C=O)C(=O)N/C=C/c1ccc(F)cc1. The molecular formula is C13H16FN3O2. The van der Waals surface area contributed by atoms with Crippen molar-refractivity contribution in [3.63, 3.8) is 0 Å². The van der Waals surface area contributed by atoms with Crippen LogP contribution in [0.5, 0.6) is 0 Å². The minimum atomic E-state index is -0.526. The standard InChI is InChI=1S/C13H16FN3O2/c14-12-4-2-11(3-5-12)6-8-16-13(19)17(10-18)9-1-7-15/h2-6,8,10H,1,7,9,15H2,(H,16,19)/b8-6+. The van der Waals surface area contributed by atoms with Gasteiger partial charge >= 0.3 is 6.03 Å². The van der Waals surface area contributed by atoms with Crippen LogP contribution in [0.25, 0.3) is 6.08 Å². The zero-order valence-electron chi connectivity index (χ0n) is 10.4. The highest BCUT2D eigenvalue weighted by molar-refractivity contribution is 5.85. The van der Waals surface area contributed by atoms with Gasteiger partial charge in [-0.3, -0.25) is 9.69 Å². The van der Waals surface area contributed by atoms with Crippen molar-refractivity contribution < 1.29 is 14.0 Å². The summed E-state index contributed by atoms with van der Waals surface area (Å²) in [5, 5.41) is 2.45. The molecule has 0 saturated heterocycles. The Labute approximate surface area is 110 Å². The molecule has 0 aliphatic carbocycles. The molecule has 1 rings (SSSR count). The maximum absolute atomic E-state index is 12.7. The number of carbonyl (C=O) groups excluding carboxylic acids is 2. The molecule has 0 bridgehead atoms. The Hall–Kier alpha value is -2.21. The van der Waals surface area contributed by atoms with Crippen LogP contribution in [-0.4, -0.2) is 30.4 Å². The van der Waals surface area contributed by atoms with Crippen molar-refractivity contribution in [2.75, 3.05) is 13.1 Å². The van der Waals surface area contributed by atoms with Crippen LogP contribution >= 0.6 is 0 Å². The summed E-state index contributed by atoms with van der Waals surface area (Å²) in [6, 6.07) is 5.26. The van der Waals surface area contributed by atoms with Gasteiger partial charge < -0.3 is 11.1 Å². The van der Waals surface area contributed by atoms with Crippen molar-refractivity contribution in [2.45, 2.75) is 6.42 Å². The van der Waals surface area contributed by atoms with Gasteiger partial charge in [-0.05, 0) is 36.7 Å². The highest BCUT2D eigenvalue weighted by Gasteiger charge is 2.09. The minimum Gasteiger partial charge on any atom is -0.330 e. The third-order valence-corrected chi connectivity index (χ3v) is 2.34. The summed E-state index contributed by atoms with van der Waals surface area (Å²) in [4.78, 5) is 23.2. The summed E-state index contributed by atoms with van der Waals surface area (Å²) in [5.41, 5.74) is 6.04. The fourth-order valence-electron chi connectivity index (χ4n) is 1.33. The molecule has 0 saturated carbocycles. The lowest BCUT2D eigenvalue weighted by Gasteiger charge is -2.13. The maximum Gasteiger partial charge on any atom is 0.327 e. The molecule has 0 unspecified atom stereocenters. The van der Waals surface area contributed by atoms with E-state index in [4.69, 9.17) is 5.73 Å². The molecule has 6 heteroatoms. The number of nitrogens with one attached hydrogen (secondary N) is 1. The van der Waals surface area contributed by atoms with Gasteiger partial charge in [-0.15, -0.1) is 0 Å². The van der Waals surface area contributed by atoms with Crippen molar-refractivity contribution in [3.05, 3.63) is 41.8 Å². The van der Waals surface area contributed by atoms with Crippen molar-refractivity contribution in [1.82, 2.24) is 10.2 Å². The van der Waals surface area contributed by atoms with E-state index in [9.17, 15) is 14.0 Å². The summed E-state index contributed by atoms with van der Waals surface area (Å²) < 4.78 is 12.7. The molecule has 0 aliphatic rings. The molecular weight excluding hydrogens is 249 g/mol. The van der Waals surface area contributed by atoms with Gasteiger partial charge in [0.15, 0.2) is 0 Å². The largest absolute Gasteiger partial charge is 0.330 e. The van der Waals surface area contributed by atoms with Crippen LogP contribution in [0.2, 0.25) is 0 Å². The second kappa shape index (κ2) is 7.99. The Bertz CT molecular complexity index is 446. The number of hydrogen-bond donors (Lipinski definition) is 2. The van der Waals surface area contributed by atoms with Gasteiger partial charge in [0.1, 0.15) is 5.82 Å². The monoisotopic (exact) mass is 265 g/mol. The molecule has 102 valence electrons. The molecule has 0 heterocycles. The van der Waals surface area contributed by atoms with Crippen molar-refractivity contribution in [3.8, 4) is 0 Å². The zero-order chi connectivity index (χ0) is 14.1. The topological polar surface area (TPSA) is 75.4 Å². The number of amides is 3. The molecule has 1 aromatic carbocycles. The van der Waals surface area contributed by atoms with Crippen LogP contribution in [0.1, 0.15) is 12.0 Å². The molecule has 0 aromatic heterocycles. The normalized spacial score (nSPS) is 10.4. The summed E-state index contributed by atoms with van der Waals surface area (Å²) in [7, 11) is 0. The Balaban J connectivity index is 2.48. The number of nitrogens with two attached hydrogens (primary N) is 1. The average molecular weight is 265 g/mol. The molecule has 5 nitrogen and oxygen atoms in total. The third-order valence-electron chi connectivity index (χ3n) is 2.34. The average Bonchev–Trinajstić information content (AvgIpc) is 2.42. The van der Waals surface area contributed by atoms with Crippen LogP contribution in [-0.2, 0) is 4.79 Å². The molecule has 0 spiro atoms. The van der Waals surface area contributed by atoms with E-state index in [-0.39, 0.29) is 12.4 Å². The van der Waals surface area contributed by atoms with E-state index in [0.717, 1.165) is 10.5 Å². The molecule has 3 amide bonds. The summed E-state index contributed by atoms with van der Waals surface area (Å²) in [6.45, 7) is 0.680. The number of urea groups is 1. The van der Waals surface area contributed by atoms with Gasteiger partial charge in [0.05, 0.1) is 0 Å². The number of carbonyl (C=O) groups is 2. The van der Waals surface area contributed by atoms with Crippen molar-refractivity contribution >= 4 is 18.5 Å². The lowest BCUT2D eigenvalue weighted by Crippen LogP contribution is -2.37. The second-order valence-corrected chi connectivity index (χ2v) is 3.78. The zero-order valence-corrected chi connectivity index (χ0v) is 10.4. The third kappa shape index (κ3) is 5.31. The summed E-state index contributed by atoms with van der Waals surface area (Å²) in [6.07, 6.45) is 4.00. The summed E-state index contributed by atoms with van der Waals surface area (Å²) in [5.74, 6) is -0.324. The molecule has 0 radical (unpaired) electrons. The van der Waals surface area contributed by atoms with Gasteiger partial charge in [0, 0.05) is 12.7 Å². The van der Waals surface area contributed by atoms with E-state index >= 15 is 0 Å². The first-order chi connectivity index (χ1) is 9.17. The van der Waals surface area contributed by atoms with Crippen molar-refractivity contribution in [1.29, 1.82) is 0 Å². The number of nitrogens with zero attached hydrogens (tertiary/aromatic N) is 1. The minimum absolute atomic E-state index is 0.274. The Morgan fingerprint density at radius 2 is 2.05 bits per heavy atom. The lowest BCUT2D eigenvalue weighted by molar-refractivity contribution is -0.115. The Morgan fingerprint density at radius 3 is 2.63 bits per heavy atom. The van der Waals surface area contributed by atoms with E-state index in [2.05, 4.69) is 5.32 Å². The van der Waals surface area contributed by atoms with E-state index in [0.29, 0.717) is 19.4 Å². The highest BCUT2D eigenvalue weighted by atomic mass is 19.1. The predicted molar refractivity (Wildman–Crippen MR) is 70.4 cm³/mol. The van der Waals surface area contributed by atoms with Crippen molar-refractivity contribution in [2.24, 2.45) is 5.73 Å². The number of halogens is 1. The van der Waals surface area contributed by atoms with E-state index in [1.165, 1.54) is 18.3 Å². The lowest BCUT2D eigenvalue weighted by atomic mass is 10.2. The molecule has 1 aromatic rings. The molecule has 0 aliphatic heterocycles.